The number of halogens is 3. The number of aromatic amines is 1. The van der Waals surface area contributed by atoms with E-state index in [1.807, 2.05) is 0 Å². The summed E-state index contributed by atoms with van der Waals surface area (Å²) in [5.41, 5.74) is 0.117. The van der Waals surface area contributed by atoms with Crippen LogP contribution in [0.25, 0.3) is 11.0 Å². The van der Waals surface area contributed by atoms with Gasteiger partial charge in [-0.1, -0.05) is 23.2 Å². The SMILES string of the molecule is COc1nc(Cl)c(F)cc1NS(=O)(=O)c1c[nH]c2nc(Cl)ccc12. The molecule has 0 unspecified atom stereocenters. The molecule has 0 saturated heterocycles. The molecule has 0 aromatic carbocycles. The molecule has 0 bridgehead atoms. The molecule has 0 aliphatic heterocycles. The van der Waals surface area contributed by atoms with Crippen LogP contribution in [0.2, 0.25) is 10.3 Å². The minimum Gasteiger partial charge on any atom is -0.479 e. The number of anilines is 1. The molecular weight excluding hydrogens is 382 g/mol. The third-order valence-electron chi connectivity index (χ3n) is 3.09. The third kappa shape index (κ3) is 2.97. The lowest BCUT2D eigenvalue weighted by Gasteiger charge is -2.11. The number of hydrogen-bond acceptors (Lipinski definition) is 5. The Kier molecular flexibility index (Phi) is 4.24. The lowest BCUT2D eigenvalue weighted by atomic mass is 10.3. The molecule has 11 heteroatoms. The van der Waals surface area contributed by atoms with Crippen molar-refractivity contribution in [3.8, 4) is 5.88 Å². The number of ether oxygens (including phenoxy) is 1. The molecule has 3 heterocycles. The normalized spacial score (nSPS) is 11.7. The highest BCUT2D eigenvalue weighted by molar-refractivity contribution is 7.93. The fourth-order valence-corrected chi connectivity index (χ4v) is 3.55. The lowest BCUT2D eigenvalue weighted by Crippen LogP contribution is -2.14. The fraction of sp³-hybridized carbons (Fsp3) is 0.0769. The van der Waals surface area contributed by atoms with Gasteiger partial charge in [-0.05, 0) is 12.1 Å². The number of hydrogen-bond donors (Lipinski definition) is 2. The van der Waals surface area contributed by atoms with Gasteiger partial charge in [-0.3, -0.25) is 4.72 Å². The van der Waals surface area contributed by atoms with E-state index in [0.717, 1.165) is 6.07 Å². The summed E-state index contributed by atoms with van der Waals surface area (Å²) < 4.78 is 45.9. The topological polar surface area (TPSA) is 97.0 Å². The van der Waals surface area contributed by atoms with Crippen LogP contribution in [0.5, 0.6) is 5.88 Å². The maximum Gasteiger partial charge on any atom is 0.264 e. The summed E-state index contributed by atoms with van der Waals surface area (Å²) >= 11 is 11.3. The zero-order valence-electron chi connectivity index (χ0n) is 12.0. The van der Waals surface area contributed by atoms with Crippen molar-refractivity contribution in [2.75, 3.05) is 11.8 Å². The standard InChI is InChI=1S/C13H9Cl2FN4O3S/c1-23-13-8(4-7(16)11(15)19-13)20-24(21,22)9-5-17-12-6(9)2-3-10(14)18-12/h2-5,20H,1H3,(H,17,18). The molecule has 0 saturated carbocycles. The summed E-state index contributed by atoms with van der Waals surface area (Å²) in [4.78, 5) is 10.2. The minimum absolute atomic E-state index is 0.0842. The Hall–Kier alpha value is -2.10. The van der Waals surface area contributed by atoms with Crippen LogP contribution < -0.4 is 9.46 Å². The van der Waals surface area contributed by atoms with Crippen LogP contribution in [-0.4, -0.2) is 30.5 Å². The molecule has 7 nitrogen and oxygen atoms in total. The first-order valence-corrected chi connectivity index (χ1v) is 8.62. The van der Waals surface area contributed by atoms with Gasteiger partial charge in [0.25, 0.3) is 10.0 Å². The van der Waals surface area contributed by atoms with Crippen molar-refractivity contribution in [2.24, 2.45) is 0 Å². The summed E-state index contributed by atoms with van der Waals surface area (Å²) in [7, 11) is -2.81. The van der Waals surface area contributed by atoms with E-state index in [9.17, 15) is 12.8 Å². The lowest BCUT2D eigenvalue weighted by molar-refractivity contribution is 0.398. The Balaban J connectivity index is 2.07. The monoisotopic (exact) mass is 390 g/mol. The van der Waals surface area contributed by atoms with Crippen LogP contribution in [0.15, 0.2) is 29.3 Å². The van der Waals surface area contributed by atoms with Crippen LogP contribution >= 0.6 is 23.2 Å². The molecule has 0 amide bonds. The Morgan fingerprint density at radius 1 is 1.29 bits per heavy atom. The second-order valence-electron chi connectivity index (χ2n) is 4.61. The quantitative estimate of drug-likeness (QED) is 0.666. The van der Waals surface area contributed by atoms with E-state index in [-0.39, 0.29) is 21.6 Å². The van der Waals surface area contributed by atoms with Crippen molar-refractivity contribution in [3.05, 3.63) is 40.5 Å². The summed E-state index contributed by atoms with van der Waals surface area (Å²) in [6.45, 7) is 0. The van der Waals surface area contributed by atoms with Gasteiger partial charge in [0.05, 0.1) is 7.11 Å². The molecular formula is C13H9Cl2FN4O3S. The molecule has 126 valence electrons. The van der Waals surface area contributed by atoms with Gasteiger partial charge < -0.3 is 9.72 Å². The Bertz CT molecular complexity index is 1040. The van der Waals surface area contributed by atoms with Crippen molar-refractivity contribution >= 4 is 49.9 Å². The molecule has 24 heavy (non-hydrogen) atoms. The van der Waals surface area contributed by atoms with Gasteiger partial charge in [-0.2, -0.15) is 4.98 Å². The Labute approximate surface area is 145 Å². The maximum absolute atomic E-state index is 13.6. The first-order valence-electron chi connectivity index (χ1n) is 6.38. The van der Waals surface area contributed by atoms with Crippen molar-refractivity contribution < 1.29 is 17.5 Å². The van der Waals surface area contributed by atoms with Crippen LogP contribution in [0.4, 0.5) is 10.1 Å². The van der Waals surface area contributed by atoms with Gasteiger partial charge in [0.2, 0.25) is 5.88 Å². The van der Waals surface area contributed by atoms with E-state index in [0.29, 0.717) is 11.0 Å². The van der Waals surface area contributed by atoms with Gasteiger partial charge in [0.1, 0.15) is 21.4 Å². The van der Waals surface area contributed by atoms with Gasteiger partial charge >= 0.3 is 0 Å². The number of nitrogens with zero attached hydrogens (tertiary/aromatic N) is 2. The van der Waals surface area contributed by atoms with E-state index in [1.54, 1.807) is 0 Å². The van der Waals surface area contributed by atoms with Crippen LogP contribution in [0, 0.1) is 5.82 Å². The van der Waals surface area contributed by atoms with E-state index in [4.69, 9.17) is 27.9 Å². The maximum atomic E-state index is 13.6. The number of H-pyrrole nitrogens is 1. The number of sulfonamides is 1. The highest BCUT2D eigenvalue weighted by atomic mass is 35.5. The molecule has 3 rings (SSSR count). The van der Waals surface area contributed by atoms with Crippen molar-refractivity contribution in [3.63, 3.8) is 0 Å². The molecule has 0 spiro atoms. The fourth-order valence-electron chi connectivity index (χ4n) is 2.06. The van der Waals surface area contributed by atoms with E-state index in [1.165, 1.54) is 25.4 Å². The zero-order chi connectivity index (χ0) is 17.5. The summed E-state index contributed by atoms with van der Waals surface area (Å²) in [6.07, 6.45) is 1.25. The number of nitrogens with one attached hydrogen (secondary N) is 2. The highest BCUT2D eigenvalue weighted by Crippen LogP contribution is 2.30. The number of rotatable bonds is 4. The predicted octanol–water partition coefficient (Wildman–Crippen LogP) is 3.21. The number of fused-ring (bicyclic) bond motifs is 1. The van der Waals surface area contributed by atoms with Gasteiger partial charge in [0, 0.05) is 17.6 Å². The molecule has 0 aliphatic carbocycles. The summed E-state index contributed by atoms with van der Waals surface area (Å²) in [5.74, 6) is -1.05. The summed E-state index contributed by atoms with van der Waals surface area (Å²) in [5, 5.41) is 0.112. The number of pyridine rings is 2. The average Bonchev–Trinajstić information content (AvgIpc) is 2.94. The van der Waals surface area contributed by atoms with Gasteiger partial charge in [0.15, 0.2) is 11.0 Å². The van der Waals surface area contributed by atoms with E-state index >= 15 is 0 Å². The molecule has 0 radical (unpaired) electrons. The predicted molar refractivity (Wildman–Crippen MR) is 87.7 cm³/mol. The average molecular weight is 391 g/mol. The molecule has 2 N–H and O–H groups in total. The first kappa shape index (κ1) is 16.7. The van der Waals surface area contributed by atoms with Gasteiger partial charge in [-0.15, -0.1) is 0 Å². The van der Waals surface area contributed by atoms with Crippen LogP contribution in [0.1, 0.15) is 0 Å². The summed E-state index contributed by atoms with van der Waals surface area (Å²) in [6, 6.07) is 3.85. The second kappa shape index (κ2) is 6.08. The second-order valence-corrected chi connectivity index (χ2v) is 7.00. The van der Waals surface area contributed by atoms with E-state index < -0.39 is 21.0 Å². The zero-order valence-corrected chi connectivity index (χ0v) is 14.3. The Morgan fingerprint density at radius 3 is 2.75 bits per heavy atom. The van der Waals surface area contributed by atoms with Gasteiger partial charge in [-0.25, -0.2) is 17.8 Å². The highest BCUT2D eigenvalue weighted by Gasteiger charge is 2.23. The number of aromatic nitrogens is 3. The minimum atomic E-state index is -4.07. The third-order valence-corrected chi connectivity index (χ3v) is 4.97. The smallest absolute Gasteiger partial charge is 0.264 e. The molecule has 0 aliphatic rings. The molecule has 3 aromatic rings. The van der Waals surface area contributed by atoms with Crippen LogP contribution in [0.3, 0.4) is 0 Å². The van der Waals surface area contributed by atoms with Crippen molar-refractivity contribution in [1.82, 2.24) is 15.0 Å². The first-order chi connectivity index (χ1) is 11.3. The Morgan fingerprint density at radius 2 is 2.04 bits per heavy atom. The number of methoxy groups -OCH3 is 1. The van der Waals surface area contributed by atoms with Crippen molar-refractivity contribution in [2.45, 2.75) is 4.90 Å². The van der Waals surface area contributed by atoms with E-state index in [2.05, 4.69) is 19.7 Å². The molecule has 0 fully saturated rings. The van der Waals surface area contributed by atoms with Crippen molar-refractivity contribution in [1.29, 1.82) is 0 Å². The molecule has 3 aromatic heterocycles. The molecule has 0 atom stereocenters. The van der Waals surface area contributed by atoms with Crippen LogP contribution in [-0.2, 0) is 10.0 Å². The largest absolute Gasteiger partial charge is 0.479 e.